The molecule has 1 atom stereocenters. The van der Waals surface area contributed by atoms with Gasteiger partial charge in [-0.1, -0.05) is 19.1 Å². The molecular formula is C28H38FN3O3S. The molecule has 0 radical (unpaired) electrons. The fraction of sp³-hybridized carbons (Fsp3) is 0.571. The van der Waals surface area contributed by atoms with Gasteiger partial charge in [-0.05, 0) is 101 Å². The van der Waals surface area contributed by atoms with Crippen LogP contribution in [0.15, 0.2) is 24.3 Å². The maximum Gasteiger partial charge on any atom is 0.407 e. The third kappa shape index (κ3) is 6.27. The molecule has 0 spiro atoms. The van der Waals surface area contributed by atoms with Crippen LogP contribution in [0.3, 0.4) is 0 Å². The molecule has 1 aromatic carbocycles. The minimum absolute atomic E-state index is 0.0444. The first-order valence-electron chi connectivity index (χ1n) is 13.0. The lowest BCUT2D eigenvalue weighted by Gasteiger charge is -2.31. The Hall–Kier alpha value is -2.45. The zero-order valence-corrected chi connectivity index (χ0v) is 22.8. The highest BCUT2D eigenvalue weighted by Gasteiger charge is 2.31. The second-order valence-corrected chi connectivity index (χ2v) is 12.0. The second kappa shape index (κ2) is 10.9. The summed E-state index contributed by atoms with van der Waals surface area (Å²) in [5.74, 6) is 0.0652. The topological polar surface area (TPSA) is 61.9 Å². The fourth-order valence-corrected chi connectivity index (χ4v) is 6.23. The van der Waals surface area contributed by atoms with Crippen molar-refractivity contribution in [3.63, 3.8) is 0 Å². The van der Waals surface area contributed by atoms with Crippen LogP contribution in [0, 0.1) is 12.7 Å². The predicted octanol–water partition coefficient (Wildman–Crippen LogP) is 5.80. The van der Waals surface area contributed by atoms with E-state index < -0.39 is 11.7 Å². The van der Waals surface area contributed by atoms with E-state index >= 15 is 4.39 Å². The highest BCUT2D eigenvalue weighted by Crippen LogP contribution is 2.36. The molecule has 2 saturated heterocycles. The zero-order chi connectivity index (χ0) is 26.0. The van der Waals surface area contributed by atoms with Crippen LogP contribution in [0.2, 0.25) is 0 Å². The molecule has 2 fully saturated rings. The quantitative estimate of drug-likeness (QED) is 0.547. The number of benzene rings is 1. The molecule has 0 saturated carbocycles. The number of carbonyl (C=O) groups is 2. The smallest absolute Gasteiger partial charge is 0.407 e. The number of amides is 2. The molecule has 2 aliphatic rings. The fourth-order valence-electron chi connectivity index (χ4n) is 5.09. The number of alkyl carbamates (subject to hydrolysis) is 1. The largest absolute Gasteiger partial charge is 0.444 e. The average molecular weight is 516 g/mol. The molecule has 8 heteroatoms. The molecule has 36 heavy (non-hydrogen) atoms. The van der Waals surface area contributed by atoms with Crippen LogP contribution in [0.1, 0.15) is 73.7 Å². The predicted molar refractivity (Wildman–Crippen MR) is 142 cm³/mol. The summed E-state index contributed by atoms with van der Waals surface area (Å²) >= 11 is 1.41. The molecule has 1 aromatic heterocycles. The Labute approximate surface area is 217 Å². The number of hydrogen-bond acceptors (Lipinski definition) is 5. The number of hydrogen-bond donors (Lipinski definition) is 1. The lowest BCUT2D eigenvalue weighted by atomic mass is 9.88. The van der Waals surface area contributed by atoms with Gasteiger partial charge in [0.25, 0.3) is 5.91 Å². The highest BCUT2D eigenvalue weighted by atomic mass is 32.1. The molecule has 0 bridgehead atoms. The number of rotatable bonds is 5. The van der Waals surface area contributed by atoms with Gasteiger partial charge >= 0.3 is 6.09 Å². The highest BCUT2D eigenvalue weighted by molar-refractivity contribution is 7.17. The van der Waals surface area contributed by atoms with Gasteiger partial charge in [-0.3, -0.25) is 4.79 Å². The Kier molecular flexibility index (Phi) is 8.05. The molecule has 1 N–H and O–H groups in total. The van der Waals surface area contributed by atoms with Crippen molar-refractivity contribution in [2.45, 2.75) is 71.4 Å². The summed E-state index contributed by atoms with van der Waals surface area (Å²) < 4.78 is 20.5. The molecule has 3 heterocycles. The number of nitrogens with one attached hydrogen (secondary N) is 1. The van der Waals surface area contributed by atoms with Crippen molar-refractivity contribution in [2.24, 2.45) is 0 Å². The molecule has 0 unspecified atom stereocenters. The average Bonchev–Trinajstić information content (AvgIpc) is 3.44. The van der Waals surface area contributed by atoms with Crippen LogP contribution in [0.5, 0.6) is 0 Å². The van der Waals surface area contributed by atoms with Crippen molar-refractivity contribution in [2.75, 3.05) is 32.7 Å². The maximum atomic E-state index is 15.1. The van der Waals surface area contributed by atoms with E-state index in [1.165, 1.54) is 11.3 Å². The Bertz CT molecular complexity index is 1100. The number of nitrogens with zero attached hydrogens (tertiary/aromatic N) is 2. The van der Waals surface area contributed by atoms with Gasteiger partial charge in [-0.25, -0.2) is 9.18 Å². The molecular weight excluding hydrogens is 477 g/mol. The van der Waals surface area contributed by atoms with E-state index in [9.17, 15) is 9.59 Å². The summed E-state index contributed by atoms with van der Waals surface area (Å²) in [7, 11) is 0. The molecule has 2 amide bonds. The third-order valence-electron chi connectivity index (χ3n) is 7.07. The monoisotopic (exact) mass is 515 g/mol. The second-order valence-electron chi connectivity index (χ2n) is 11.0. The molecule has 2 aromatic rings. The van der Waals surface area contributed by atoms with Crippen LogP contribution >= 0.6 is 11.3 Å². The van der Waals surface area contributed by atoms with Crippen LogP contribution in [-0.4, -0.2) is 66.2 Å². The van der Waals surface area contributed by atoms with Crippen molar-refractivity contribution in [1.29, 1.82) is 0 Å². The SMILES string of the molecule is CCN1CCC(c2ccc(-c3cc(C)c(C(=O)N4CC[C@H](NC(=O)OC(C)(C)C)C4)s3)cc2F)CC1. The summed E-state index contributed by atoms with van der Waals surface area (Å²) in [6.07, 6.45) is 2.20. The number of halogens is 1. The van der Waals surface area contributed by atoms with Gasteiger partial charge in [0.2, 0.25) is 0 Å². The summed E-state index contributed by atoms with van der Waals surface area (Å²) in [5, 5.41) is 2.87. The van der Waals surface area contributed by atoms with Gasteiger partial charge in [-0.2, -0.15) is 0 Å². The van der Waals surface area contributed by atoms with Crippen LogP contribution in [0.4, 0.5) is 9.18 Å². The Morgan fingerprint density at radius 3 is 2.50 bits per heavy atom. The van der Waals surface area contributed by atoms with Crippen molar-refractivity contribution in [3.8, 4) is 10.4 Å². The lowest BCUT2D eigenvalue weighted by molar-refractivity contribution is 0.0502. The lowest BCUT2D eigenvalue weighted by Crippen LogP contribution is -2.41. The van der Waals surface area contributed by atoms with Crippen molar-refractivity contribution < 1.29 is 18.7 Å². The Morgan fingerprint density at radius 2 is 1.86 bits per heavy atom. The van der Waals surface area contributed by atoms with Gasteiger partial charge < -0.3 is 19.9 Å². The molecule has 0 aliphatic carbocycles. The van der Waals surface area contributed by atoms with Crippen LogP contribution < -0.4 is 5.32 Å². The zero-order valence-electron chi connectivity index (χ0n) is 22.0. The summed E-state index contributed by atoms with van der Waals surface area (Å²) in [6, 6.07) is 7.38. The number of piperidine rings is 1. The summed E-state index contributed by atoms with van der Waals surface area (Å²) in [5.41, 5.74) is 1.94. The van der Waals surface area contributed by atoms with E-state index in [1.807, 2.05) is 45.9 Å². The summed E-state index contributed by atoms with van der Waals surface area (Å²) in [6.45, 7) is 13.7. The van der Waals surface area contributed by atoms with E-state index in [4.69, 9.17) is 4.74 Å². The number of ether oxygens (including phenoxy) is 1. The van der Waals surface area contributed by atoms with E-state index in [2.05, 4.69) is 17.1 Å². The molecule has 2 aliphatic heterocycles. The minimum atomic E-state index is -0.562. The normalized spacial score (nSPS) is 19.5. The van der Waals surface area contributed by atoms with Crippen LogP contribution in [-0.2, 0) is 4.74 Å². The van der Waals surface area contributed by atoms with E-state index in [0.29, 0.717) is 24.4 Å². The van der Waals surface area contributed by atoms with Gasteiger partial charge in [0.15, 0.2) is 0 Å². The van der Waals surface area contributed by atoms with Gasteiger partial charge in [-0.15, -0.1) is 11.3 Å². The Morgan fingerprint density at radius 1 is 1.14 bits per heavy atom. The van der Waals surface area contributed by atoms with Gasteiger partial charge in [0, 0.05) is 18.0 Å². The van der Waals surface area contributed by atoms with Crippen LogP contribution in [0.25, 0.3) is 10.4 Å². The third-order valence-corrected chi connectivity index (χ3v) is 8.34. The first-order chi connectivity index (χ1) is 17.0. The number of aryl methyl sites for hydroxylation is 1. The van der Waals surface area contributed by atoms with Gasteiger partial charge in [0.1, 0.15) is 11.4 Å². The van der Waals surface area contributed by atoms with Crippen molar-refractivity contribution >= 4 is 23.3 Å². The van der Waals surface area contributed by atoms with Gasteiger partial charge in [0.05, 0.1) is 10.9 Å². The standard InChI is InChI=1S/C28H38FN3O3S/c1-6-31-12-9-19(10-13-31)22-8-7-20(16-23(22)29)24-15-18(2)25(36-24)26(33)32-14-11-21(17-32)30-27(34)35-28(3,4)5/h7-8,15-16,19,21H,6,9-14,17H2,1-5H3,(H,30,34)/t21-/m0/s1. The number of carbonyl (C=O) groups excluding carboxylic acids is 2. The molecule has 4 rings (SSSR count). The first kappa shape index (κ1) is 26.6. The van der Waals surface area contributed by atoms with E-state index in [0.717, 1.165) is 54.0 Å². The summed E-state index contributed by atoms with van der Waals surface area (Å²) in [4.78, 5) is 31.1. The van der Waals surface area contributed by atoms with E-state index in [-0.39, 0.29) is 23.7 Å². The maximum absolute atomic E-state index is 15.1. The molecule has 196 valence electrons. The minimum Gasteiger partial charge on any atom is -0.444 e. The number of likely N-dealkylation sites (tertiary alicyclic amines) is 2. The van der Waals surface area contributed by atoms with E-state index in [1.54, 1.807) is 11.0 Å². The number of thiophene rings is 1. The first-order valence-corrected chi connectivity index (χ1v) is 13.8. The Balaban J connectivity index is 1.41. The van der Waals surface area contributed by atoms with Crippen molar-refractivity contribution in [1.82, 2.24) is 15.1 Å². The molecule has 6 nitrogen and oxygen atoms in total. The van der Waals surface area contributed by atoms with Crippen molar-refractivity contribution in [3.05, 3.63) is 46.1 Å².